The van der Waals surface area contributed by atoms with Gasteiger partial charge in [0.25, 0.3) is 0 Å². The lowest BCUT2D eigenvalue weighted by Gasteiger charge is -2.38. The van der Waals surface area contributed by atoms with Crippen LogP contribution in [0, 0.1) is 11.7 Å². The van der Waals surface area contributed by atoms with Gasteiger partial charge in [0, 0.05) is 24.3 Å². The van der Waals surface area contributed by atoms with E-state index in [2.05, 4.69) is 31.0 Å². The van der Waals surface area contributed by atoms with E-state index < -0.39 is 0 Å². The molecule has 1 aliphatic rings. The lowest BCUT2D eigenvalue weighted by molar-refractivity contribution is 0.0928. The summed E-state index contributed by atoms with van der Waals surface area (Å²) in [6.45, 7) is 10.2. The van der Waals surface area contributed by atoms with Crippen LogP contribution in [0.25, 0.3) is 0 Å². The molecule has 0 aliphatic carbocycles. The van der Waals surface area contributed by atoms with Crippen LogP contribution in [0.3, 0.4) is 0 Å². The molecule has 1 fully saturated rings. The van der Waals surface area contributed by atoms with Gasteiger partial charge in [-0.25, -0.2) is 4.39 Å². The smallest absolute Gasteiger partial charge is 0.129 e. The standard InChI is InChI=1S/C17H27FN2O/c1-4-14-12-21-9-8-20(14)17-7-5-6-16(18)15(17)11-19-10-13(2)3/h5-7,13-14,19H,4,8-12H2,1-3H3. The van der Waals surface area contributed by atoms with Crippen LogP contribution < -0.4 is 10.2 Å². The zero-order chi connectivity index (χ0) is 15.2. The highest BCUT2D eigenvalue weighted by Crippen LogP contribution is 2.27. The van der Waals surface area contributed by atoms with Crippen LogP contribution in [-0.4, -0.2) is 32.3 Å². The SMILES string of the molecule is CCC1COCCN1c1cccc(F)c1CNCC(C)C. The number of nitrogens with one attached hydrogen (secondary N) is 1. The van der Waals surface area contributed by atoms with Gasteiger partial charge in [-0.15, -0.1) is 0 Å². The average Bonchev–Trinajstić information content (AvgIpc) is 2.48. The maximum atomic E-state index is 14.3. The van der Waals surface area contributed by atoms with Crippen molar-refractivity contribution in [2.45, 2.75) is 39.8 Å². The minimum Gasteiger partial charge on any atom is -0.377 e. The molecule has 0 amide bonds. The van der Waals surface area contributed by atoms with E-state index in [9.17, 15) is 4.39 Å². The van der Waals surface area contributed by atoms with Crippen LogP contribution in [0.2, 0.25) is 0 Å². The molecule has 1 atom stereocenters. The van der Waals surface area contributed by atoms with Crippen molar-refractivity contribution in [2.24, 2.45) is 5.92 Å². The van der Waals surface area contributed by atoms with Gasteiger partial charge >= 0.3 is 0 Å². The van der Waals surface area contributed by atoms with Crippen LogP contribution in [-0.2, 0) is 11.3 Å². The second kappa shape index (κ2) is 7.76. The van der Waals surface area contributed by atoms with Crippen molar-refractivity contribution in [1.29, 1.82) is 0 Å². The van der Waals surface area contributed by atoms with Gasteiger partial charge in [-0.3, -0.25) is 0 Å². The molecular formula is C17H27FN2O. The molecule has 3 nitrogen and oxygen atoms in total. The molecule has 0 radical (unpaired) electrons. The van der Waals surface area contributed by atoms with E-state index in [0.717, 1.165) is 37.4 Å². The molecular weight excluding hydrogens is 267 g/mol. The van der Waals surface area contributed by atoms with Gasteiger partial charge in [0.15, 0.2) is 0 Å². The van der Waals surface area contributed by atoms with Crippen LogP contribution in [0.15, 0.2) is 18.2 Å². The number of benzene rings is 1. The highest BCUT2D eigenvalue weighted by molar-refractivity contribution is 5.55. The van der Waals surface area contributed by atoms with Crippen molar-refractivity contribution in [2.75, 3.05) is 31.2 Å². The largest absolute Gasteiger partial charge is 0.377 e. The lowest BCUT2D eigenvalue weighted by Crippen LogP contribution is -2.45. The van der Waals surface area contributed by atoms with Crippen molar-refractivity contribution >= 4 is 5.69 Å². The Balaban J connectivity index is 2.19. The number of rotatable bonds is 6. The summed E-state index contributed by atoms with van der Waals surface area (Å²) in [6, 6.07) is 5.73. The Kier molecular flexibility index (Phi) is 6.00. The maximum absolute atomic E-state index is 14.3. The molecule has 1 N–H and O–H groups in total. The van der Waals surface area contributed by atoms with Crippen LogP contribution in [0.5, 0.6) is 0 Å². The number of morpholine rings is 1. The maximum Gasteiger partial charge on any atom is 0.129 e. The molecule has 1 heterocycles. The fourth-order valence-corrected chi connectivity index (χ4v) is 2.79. The van der Waals surface area contributed by atoms with Crippen LogP contribution in [0.1, 0.15) is 32.8 Å². The second-order valence-electron chi connectivity index (χ2n) is 6.09. The molecule has 1 saturated heterocycles. The van der Waals surface area contributed by atoms with E-state index in [1.54, 1.807) is 12.1 Å². The molecule has 1 unspecified atom stereocenters. The first-order valence-corrected chi connectivity index (χ1v) is 7.96. The summed E-state index contributed by atoms with van der Waals surface area (Å²) in [5.41, 5.74) is 1.79. The quantitative estimate of drug-likeness (QED) is 0.872. The van der Waals surface area contributed by atoms with Crippen LogP contribution >= 0.6 is 0 Å². The number of halogens is 1. The van der Waals surface area contributed by atoms with Crippen molar-refractivity contribution in [3.63, 3.8) is 0 Å². The Bertz CT molecular complexity index is 450. The lowest BCUT2D eigenvalue weighted by atomic mass is 10.1. The van der Waals surface area contributed by atoms with Crippen molar-refractivity contribution in [3.8, 4) is 0 Å². The first-order valence-electron chi connectivity index (χ1n) is 7.96. The fourth-order valence-electron chi connectivity index (χ4n) is 2.79. The van der Waals surface area contributed by atoms with Gasteiger partial charge in [0.05, 0.1) is 19.3 Å². The number of hydrogen-bond donors (Lipinski definition) is 1. The fraction of sp³-hybridized carbons (Fsp3) is 0.647. The molecule has 1 aliphatic heterocycles. The van der Waals surface area contributed by atoms with E-state index in [0.29, 0.717) is 25.1 Å². The first kappa shape index (κ1) is 16.2. The Morgan fingerprint density at radius 2 is 2.24 bits per heavy atom. The molecule has 0 saturated carbocycles. The Morgan fingerprint density at radius 1 is 1.43 bits per heavy atom. The molecule has 21 heavy (non-hydrogen) atoms. The second-order valence-corrected chi connectivity index (χ2v) is 6.09. The van der Waals surface area contributed by atoms with Gasteiger partial charge in [-0.1, -0.05) is 26.8 Å². The van der Waals surface area contributed by atoms with Gasteiger partial charge in [0.2, 0.25) is 0 Å². The topological polar surface area (TPSA) is 24.5 Å². The highest BCUT2D eigenvalue weighted by atomic mass is 19.1. The molecule has 0 bridgehead atoms. The van der Waals surface area contributed by atoms with Gasteiger partial charge in [-0.05, 0) is 31.0 Å². The Morgan fingerprint density at radius 3 is 2.95 bits per heavy atom. The number of anilines is 1. The Labute approximate surface area is 127 Å². The summed E-state index contributed by atoms with van der Waals surface area (Å²) < 4.78 is 19.8. The summed E-state index contributed by atoms with van der Waals surface area (Å²) in [6.07, 6.45) is 1.01. The van der Waals surface area contributed by atoms with Crippen molar-refractivity contribution in [3.05, 3.63) is 29.6 Å². The monoisotopic (exact) mass is 294 g/mol. The molecule has 2 rings (SSSR count). The Hall–Kier alpha value is -1.13. The van der Waals surface area contributed by atoms with Crippen LogP contribution in [0.4, 0.5) is 10.1 Å². The normalized spacial score (nSPS) is 19.3. The summed E-state index contributed by atoms with van der Waals surface area (Å²) in [4.78, 5) is 2.30. The van der Waals surface area contributed by atoms with Gasteiger partial charge in [-0.2, -0.15) is 0 Å². The first-order chi connectivity index (χ1) is 10.1. The van der Waals surface area contributed by atoms with Gasteiger partial charge < -0.3 is 15.0 Å². The minimum absolute atomic E-state index is 0.120. The highest BCUT2D eigenvalue weighted by Gasteiger charge is 2.24. The summed E-state index contributed by atoms with van der Waals surface area (Å²) in [7, 11) is 0. The predicted molar refractivity (Wildman–Crippen MR) is 85.2 cm³/mol. The summed E-state index contributed by atoms with van der Waals surface area (Å²) >= 11 is 0. The number of hydrogen-bond acceptors (Lipinski definition) is 3. The van der Waals surface area contributed by atoms with Crippen molar-refractivity contribution in [1.82, 2.24) is 5.32 Å². The average molecular weight is 294 g/mol. The van der Waals surface area contributed by atoms with E-state index >= 15 is 0 Å². The molecule has 4 heteroatoms. The molecule has 1 aromatic rings. The predicted octanol–water partition coefficient (Wildman–Crippen LogP) is 3.19. The van der Waals surface area contributed by atoms with Crippen molar-refractivity contribution < 1.29 is 9.13 Å². The van der Waals surface area contributed by atoms with E-state index in [1.807, 2.05) is 6.07 Å². The summed E-state index contributed by atoms with van der Waals surface area (Å²) in [5.74, 6) is 0.442. The third kappa shape index (κ3) is 4.17. The zero-order valence-corrected chi connectivity index (χ0v) is 13.4. The molecule has 0 spiro atoms. The molecule has 1 aromatic carbocycles. The third-order valence-corrected chi connectivity index (χ3v) is 3.96. The van der Waals surface area contributed by atoms with E-state index in [4.69, 9.17) is 4.74 Å². The molecule has 0 aromatic heterocycles. The van der Waals surface area contributed by atoms with E-state index in [-0.39, 0.29) is 5.82 Å². The number of ether oxygens (including phenoxy) is 1. The number of nitrogens with zero attached hydrogens (tertiary/aromatic N) is 1. The zero-order valence-electron chi connectivity index (χ0n) is 13.4. The molecule has 118 valence electrons. The minimum atomic E-state index is -0.120. The third-order valence-electron chi connectivity index (χ3n) is 3.96. The van der Waals surface area contributed by atoms with E-state index in [1.165, 1.54) is 0 Å². The van der Waals surface area contributed by atoms with Gasteiger partial charge in [0.1, 0.15) is 5.82 Å². The summed E-state index contributed by atoms with van der Waals surface area (Å²) in [5, 5.41) is 3.36.